The van der Waals surface area contributed by atoms with Gasteiger partial charge in [-0.15, -0.1) is 11.3 Å². The summed E-state index contributed by atoms with van der Waals surface area (Å²) in [5.41, 5.74) is 0.644. The highest BCUT2D eigenvalue weighted by molar-refractivity contribution is 7.92. The van der Waals surface area contributed by atoms with Crippen molar-refractivity contribution in [2.45, 2.75) is 38.1 Å². The average Bonchev–Trinajstić information content (AvgIpc) is 3.31. The quantitative estimate of drug-likeness (QED) is 0.405. The zero-order chi connectivity index (χ0) is 26.3. The lowest BCUT2D eigenvalue weighted by atomic mass is 9.77. The molecule has 0 radical (unpaired) electrons. The van der Waals surface area contributed by atoms with Crippen LogP contribution in [0.1, 0.15) is 49.2 Å². The van der Waals surface area contributed by atoms with E-state index < -0.39 is 33.2 Å². The number of carboxylic acid groups (broad SMARTS) is 1. The molecule has 3 aromatic rings. The minimum Gasteiger partial charge on any atom is -0.495 e. The Bertz CT molecular complexity index is 1480. The number of aromatic carboxylic acids is 1. The number of nitrogens with zero attached hydrogens (tertiary/aromatic N) is 2. The normalized spacial score (nSPS) is 15.3. The van der Waals surface area contributed by atoms with Crippen LogP contribution in [0.4, 0.5) is 14.5 Å². The fourth-order valence-corrected chi connectivity index (χ4v) is 5.90. The predicted molar refractivity (Wildman–Crippen MR) is 132 cm³/mol. The van der Waals surface area contributed by atoms with E-state index in [9.17, 15) is 22.0 Å². The lowest BCUT2D eigenvalue weighted by Gasteiger charge is -2.28. The molecular weight excluding hydrogens is 512 g/mol. The zero-order valence-electron chi connectivity index (χ0n) is 19.6. The van der Waals surface area contributed by atoms with Gasteiger partial charge in [0.15, 0.2) is 5.03 Å². The number of rotatable bonds is 7. The van der Waals surface area contributed by atoms with Gasteiger partial charge in [-0.1, -0.05) is 19.9 Å². The van der Waals surface area contributed by atoms with Crippen LogP contribution in [0.2, 0.25) is 0 Å². The summed E-state index contributed by atoms with van der Waals surface area (Å²) < 4.78 is 61.9. The molecular formula is C24H23F2N3O5S2. The molecule has 0 saturated heterocycles. The Morgan fingerprint density at radius 2 is 1.97 bits per heavy atom. The molecule has 190 valence electrons. The number of carboxylic acids is 1. The van der Waals surface area contributed by atoms with Crippen molar-refractivity contribution in [3.05, 3.63) is 58.7 Å². The van der Waals surface area contributed by atoms with Crippen molar-refractivity contribution in [1.82, 2.24) is 9.97 Å². The fourth-order valence-electron chi connectivity index (χ4n) is 3.76. The first-order valence-electron chi connectivity index (χ1n) is 10.8. The molecule has 2 N–H and O–H groups in total. The second-order valence-corrected chi connectivity index (χ2v) is 11.6. The van der Waals surface area contributed by atoms with E-state index in [0.29, 0.717) is 11.6 Å². The van der Waals surface area contributed by atoms with Gasteiger partial charge in [0.25, 0.3) is 10.0 Å². The molecule has 4 rings (SSSR count). The van der Waals surface area contributed by atoms with Crippen molar-refractivity contribution in [3.8, 4) is 16.3 Å². The second kappa shape index (κ2) is 9.58. The molecule has 12 heteroatoms. The number of halogens is 2. The van der Waals surface area contributed by atoms with Gasteiger partial charge in [-0.25, -0.2) is 18.6 Å². The van der Waals surface area contributed by atoms with Crippen molar-refractivity contribution in [1.29, 1.82) is 0 Å². The third-order valence-corrected chi connectivity index (χ3v) is 8.18. The van der Waals surface area contributed by atoms with Crippen LogP contribution in [0.15, 0.2) is 40.9 Å². The number of aromatic nitrogens is 2. The second-order valence-electron chi connectivity index (χ2n) is 9.09. The maximum Gasteiger partial charge on any atom is 0.338 e. The van der Waals surface area contributed by atoms with E-state index in [2.05, 4.69) is 28.5 Å². The molecule has 8 nitrogen and oxygen atoms in total. The van der Waals surface area contributed by atoms with Crippen LogP contribution in [0.25, 0.3) is 16.1 Å². The summed E-state index contributed by atoms with van der Waals surface area (Å²) in [7, 11) is -3.11. The molecule has 36 heavy (non-hydrogen) atoms. The smallest absolute Gasteiger partial charge is 0.338 e. The summed E-state index contributed by atoms with van der Waals surface area (Å²) in [6.07, 6.45) is 5.94. The number of hydrogen-bond donors (Lipinski definition) is 2. The summed E-state index contributed by atoms with van der Waals surface area (Å²) in [5, 5.41) is 10.2. The highest BCUT2D eigenvalue weighted by Gasteiger charge is 2.25. The van der Waals surface area contributed by atoms with Gasteiger partial charge < -0.3 is 9.84 Å². The maximum atomic E-state index is 14.9. The monoisotopic (exact) mass is 535 g/mol. The molecule has 0 fully saturated rings. The molecule has 1 aliphatic carbocycles. The van der Waals surface area contributed by atoms with Gasteiger partial charge in [0.1, 0.15) is 28.1 Å². The zero-order valence-corrected chi connectivity index (χ0v) is 21.3. The average molecular weight is 536 g/mol. The van der Waals surface area contributed by atoms with Crippen molar-refractivity contribution < 1.29 is 31.8 Å². The van der Waals surface area contributed by atoms with Crippen LogP contribution in [0.5, 0.6) is 5.75 Å². The molecule has 2 aromatic heterocycles. The van der Waals surface area contributed by atoms with Crippen LogP contribution < -0.4 is 9.46 Å². The van der Waals surface area contributed by atoms with Gasteiger partial charge in [-0.3, -0.25) is 9.71 Å². The molecule has 1 aliphatic rings. The highest BCUT2D eigenvalue weighted by atomic mass is 32.2. The van der Waals surface area contributed by atoms with Crippen LogP contribution in [0, 0.1) is 17.0 Å². The van der Waals surface area contributed by atoms with Gasteiger partial charge in [0.05, 0.1) is 18.4 Å². The van der Waals surface area contributed by atoms with E-state index in [1.165, 1.54) is 24.8 Å². The van der Waals surface area contributed by atoms with E-state index in [1.54, 1.807) is 0 Å². The first-order valence-corrected chi connectivity index (χ1v) is 13.2. The standard InChI is InChI=1S/C24H23F2N3O5S2/c1-24(2)6-4-13(5-7-24)21-17(26)8-14(11-27-21)22-28-20(12-35-22)36(32,33)29-18-10-16(25)15(23(30)31)9-19(18)34-3/h4,8-12,29H,5-7H2,1-3H3,(H,30,31). The minimum absolute atomic E-state index is 0.171. The van der Waals surface area contributed by atoms with E-state index in [-0.39, 0.29) is 32.6 Å². The SMILES string of the molecule is COc1cc(C(=O)O)c(F)cc1NS(=O)(=O)c1csc(-c2cnc(C3=CCC(C)(C)CC3)c(F)c2)n1. The first-order chi connectivity index (χ1) is 16.9. The number of pyridine rings is 1. The number of carbonyl (C=O) groups is 1. The van der Waals surface area contributed by atoms with Gasteiger partial charge in [-0.05, 0) is 42.4 Å². The Hall–Kier alpha value is -3.38. The van der Waals surface area contributed by atoms with E-state index >= 15 is 0 Å². The number of ether oxygens (including phenoxy) is 1. The number of hydrogen-bond acceptors (Lipinski definition) is 7. The van der Waals surface area contributed by atoms with Crippen molar-refractivity contribution in [3.63, 3.8) is 0 Å². The van der Waals surface area contributed by atoms with Crippen molar-refractivity contribution >= 4 is 38.6 Å². The predicted octanol–water partition coefficient (Wildman–Crippen LogP) is 5.58. The molecule has 1 aromatic carbocycles. The maximum absolute atomic E-state index is 14.9. The van der Waals surface area contributed by atoms with E-state index in [0.717, 1.165) is 42.2 Å². The lowest BCUT2D eigenvalue weighted by molar-refractivity contribution is 0.0691. The van der Waals surface area contributed by atoms with Gasteiger partial charge in [0.2, 0.25) is 0 Å². The molecule has 0 saturated carbocycles. The fraction of sp³-hybridized carbons (Fsp3) is 0.292. The van der Waals surface area contributed by atoms with Crippen LogP contribution in [0.3, 0.4) is 0 Å². The third kappa shape index (κ3) is 5.24. The summed E-state index contributed by atoms with van der Waals surface area (Å²) in [6.45, 7) is 4.32. The summed E-state index contributed by atoms with van der Waals surface area (Å²) in [4.78, 5) is 19.5. The highest BCUT2D eigenvalue weighted by Crippen LogP contribution is 2.38. The number of sulfonamides is 1. The summed E-state index contributed by atoms with van der Waals surface area (Å²) >= 11 is 0.975. The van der Waals surface area contributed by atoms with E-state index in [4.69, 9.17) is 9.84 Å². The number of thiazole rings is 1. The van der Waals surface area contributed by atoms with Crippen LogP contribution in [-0.4, -0.2) is 36.6 Å². The summed E-state index contributed by atoms with van der Waals surface area (Å²) in [6, 6.07) is 2.86. The summed E-state index contributed by atoms with van der Waals surface area (Å²) in [5.74, 6) is -3.37. The molecule has 0 spiro atoms. The van der Waals surface area contributed by atoms with Gasteiger partial charge in [-0.2, -0.15) is 8.42 Å². The Morgan fingerprint density at radius 3 is 2.58 bits per heavy atom. The molecule has 2 heterocycles. The Morgan fingerprint density at radius 1 is 1.22 bits per heavy atom. The molecule has 0 atom stereocenters. The Labute approximate surface area is 210 Å². The first kappa shape index (κ1) is 25.7. The minimum atomic E-state index is -4.30. The van der Waals surface area contributed by atoms with Crippen molar-refractivity contribution in [2.75, 3.05) is 11.8 Å². The number of allylic oxidation sites excluding steroid dienone is 2. The molecule has 0 unspecified atom stereocenters. The van der Waals surface area contributed by atoms with Gasteiger partial charge in [0, 0.05) is 23.2 Å². The number of anilines is 1. The van der Waals surface area contributed by atoms with Gasteiger partial charge >= 0.3 is 5.97 Å². The number of nitrogens with one attached hydrogen (secondary N) is 1. The number of methoxy groups -OCH3 is 1. The largest absolute Gasteiger partial charge is 0.495 e. The molecule has 0 aliphatic heterocycles. The molecule has 0 bridgehead atoms. The lowest BCUT2D eigenvalue weighted by Crippen LogP contribution is -2.15. The molecule has 0 amide bonds. The Kier molecular flexibility index (Phi) is 6.84. The van der Waals surface area contributed by atoms with Crippen LogP contribution in [-0.2, 0) is 10.0 Å². The Balaban J connectivity index is 1.59. The number of benzene rings is 1. The van der Waals surface area contributed by atoms with Crippen LogP contribution >= 0.6 is 11.3 Å². The van der Waals surface area contributed by atoms with E-state index in [1.807, 2.05) is 6.08 Å². The third-order valence-electron chi connectivity index (χ3n) is 5.89. The topological polar surface area (TPSA) is 118 Å². The van der Waals surface area contributed by atoms with Crippen molar-refractivity contribution in [2.24, 2.45) is 5.41 Å².